The van der Waals surface area contributed by atoms with Gasteiger partial charge in [-0.2, -0.15) is 0 Å². The number of carbonyl (C=O) groups is 1. The van der Waals surface area contributed by atoms with Crippen molar-refractivity contribution in [1.29, 1.82) is 0 Å². The first-order valence-corrected chi connectivity index (χ1v) is 5.35. The monoisotopic (exact) mass is 206 g/mol. The molecule has 3 N–H and O–H groups in total. The van der Waals surface area contributed by atoms with E-state index in [-0.39, 0.29) is 5.91 Å². The summed E-state index contributed by atoms with van der Waals surface area (Å²) in [7, 11) is 0. The van der Waals surface area contributed by atoms with E-state index >= 15 is 0 Å². The maximum absolute atomic E-state index is 11.6. The van der Waals surface area contributed by atoms with E-state index in [1.54, 1.807) is 0 Å². The second kappa shape index (κ2) is 6.19. The predicted molar refractivity (Wildman–Crippen MR) is 62.6 cm³/mol. The molecule has 1 unspecified atom stereocenters. The van der Waals surface area contributed by atoms with E-state index in [0.29, 0.717) is 0 Å². The Kier molecular flexibility index (Phi) is 4.84. The molecule has 0 aromatic heterocycles. The fraction of sp³-hybridized carbons (Fsp3) is 0.417. The van der Waals surface area contributed by atoms with Crippen LogP contribution in [-0.4, -0.2) is 11.9 Å². The molecule has 0 bridgehead atoms. The van der Waals surface area contributed by atoms with E-state index in [9.17, 15) is 4.79 Å². The normalized spacial score (nSPS) is 12.1. The molecule has 15 heavy (non-hydrogen) atoms. The largest absolute Gasteiger partial charge is 0.325 e. The number of anilines is 1. The Morgan fingerprint density at radius 2 is 2.07 bits per heavy atom. The lowest BCUT2D eigenvalue weighted by molar-refractivity contribution is -0.117. The van der Waals surface area contributed by atoms with Gasteiger partial charge >= 0.3 is 0 Å². The Bertz CT molecular complexity index is 298. The molecule has 1 rings (SSSR count). The van der Waals surface area contributed by atoms with Gasteiger partial charge in [-0.05, 0) is 18.6 Å². The van der Waals surface area contributed by atoms with E-state index < -0.39 is 6.04 Å². The van der Waals surface area contributed by atoms with Crippen molar-refractivity contribution in [3.63, 3.8) is 0 Å². The topological polar surface area (TPSA) is 55.1 Å². The van der Waals surface area contributed by atoms with Crippen LogP contribution in [0, 0.1) is 0 Å². The van der Waals surface area contributed by atoms with Crippen LogP contribution < -0.4 is 11.1 Å². The lowest BCUT2D eigenvalue weighted by Crippen LogP contribution is -2.35. The van der Waals surface area contributed by atoms with Crippen LogP contribution in [-0.2, 0) is 4.79 Å². The zero-order valence-corrected chi connectivity index (χ0v) is 9.07. The highest BCUT2D eigenvalue weighted by molar-refractivity contribution is 5.94. The van der Waals surface area contributed by atoms with Crippen molar-refractivity contribution in [2.75, 3.05) is 5.32 Å². The highest BCUT2D eigenvalue weighted by atomic mass is 16.2. The maximum atomic E-state index is 11.6. The number of nitrogens with one attached hydrogen (secondary N) is 1. The molecule has 82 valence electrons. The van der Waals surface area contributed by atoms with E-state index in [4.69, 9.17) is 5.73 Å². The number of amides is 1. The highest BCUT2D eigenvalue weighted by Gasteiger charge is 2.12. The molecule has 0 aliphatic rings. The summed E-state index contributed by atoms with van der Waals surface area (Å²) in [6, 6.07) is 8.98. The second-order valence-corrected chi connectivity index (χ2v) is 3.60. The number of para-hydroxylation sites is 1. The van der Waals surface area contributed by atoms with Gasteiger partial charge in [-0.1, -0.05) is 38.0 Å². The lowest BCUT2D eigenvalue weighted by atomic mass is 10.1. The van der Waals surface area contributed by atoms with Crippen LogP contribution in [0.5, 0.6) is 0 Å². The fourth-order valence-corrected chi connectivity index (χ4v) is 1.31. The van der Waals surface area contributed by atoms with Crippen molar-refractivity contribution in [2.45, 2.75) is 32.2 Å². The summed E-state index contributed by atoms with van der Waals surface area (Å²) >= 11 is 0. The third kappa shape index (κ3) is 4.13. The molecular weight excluding hydrogens is 188 g/mol. The van der Waals surface area contributed by atoms with Crippen LogP contribution in [0.15, 0.2) is 30.3 Å². The number of benzene rings is 1. The summed E-state index contributed by atoms with van der Waals surface area (Å²) in [5, 5.41) is 2.79. The maximum Gasteiger partial charge on any atom is 0.241 e. The summed E-state index contributed by atoms with van der Waals surface area (Å²) < 4.78 is 0. The Morgan fingerprint density at radius 1 is 1.40 bits per heavy atom. The first-order chi connectivity index (χ1) is 7.24. The zero-order valence-electron chi connectivity index (χ0n) is 9.07. The molecule has 0 aliphatic carbocycles. The van der Waals surface area contributed by atoms with Crippen LogP contribution in [0.4, 0.5) is 5.69 Å². The Labute approximate surface area is 90.7 Å². The van der Waals surface area contributed by atoms with E-state index in [0.717, 1.165) is 24.9 Å². The Balaban J connectivity index is 2.42. The van der Waals surface area contributed by atoms with Crippen molar-refractivity contribution in [3.8, 4) is 0 Å². The molecule has 3 nitrogen and oxygen atoms in total. The molecule has 0 fully saturated rings. The van der Waals surface area contributed by atoms with Gasteiger partial charge in [0.2, 0.25) is 5.91 Å². The molecule has 1 aromatic rings. The van der Waals surface area contributed by atoms with Crippen molar-refractivity contribution >= 4 is 11.6 Å². The van der Waals surface area contributed by atoms with E-state index in [1.807, 2.05) is 30.3 Å². The van der Waals surface area contributed by atoms with Gasteiger partial charge in [0.05, 0.1) is 6.04 Å². The molecule has 0 saturated heterocycles. The summed E-state index contributed by atoms with van der Waals surface area (Å²) in [5.74, 6) is -0.102. The number of hydrogen-bond acceptors (Lipinski definition) is 2. The highest BCUT2D eigenvalue weighted by Crippen LogP contribution is 2.06. The molecule has 0 aliphatic heterocycles. The average molecular weight is 206 g/mol. The first kappa shape index (κ1) is 11.7. The number of nitrogens with two attached hydrogens (primary N) is 1. The Hall–Kier alpha value is -1.35. The van der Waals surface area contributed by atoms with Crippen LogP contribution in [0.1, 0.15) is 26.2 Å². The molecule has 0 radical (unpaired) electrons. The van der Waals surface area contributed by atoms with Gasteiger partial charge < -0.3 is 11.1 Å². The summed E-state index contributed by atoms with van der Waals surface area (Å²) in [6.45, 7) is 2.09. The van der Waals surface area contributed by atoms with Crippen molar-refractivity contribution < 1.29 is 4.79 Å². The number of unbranched alkanes of at least 4 members (excludes halogenated alkanes) is 1. The van der Waals surface area contributed by atoms with Crippen LogP contribution in [0.3, 0.4) is 0 Å². The van der Waals surface area contributed by atoms with Gasteiger partial charge in [0.25, 0.3) is 0 Å². The smallest absolute Gasteiger partial charge is 0.241 e. The molecule has 1 atom stereocenters. The minimum absolute atomic E-state index is 0.102. The molecule has 0 saturated carbocycles. The molecule has 3 heteroatoms. The number of hydrogen-bond donors (Lipinski definition) is 2. The van der Waals surface area contributed by atoms with Crippen LogP contribution in [0.2, 0.25) is 0 Å². The minimum atomic E-state index is -0.398. The zero-order chi connectivity index (χ0) is 11.1. The van der Waals surface area contributed by atoms with Crippen molar-refractivity contribution in [1.82, 2.24) is 0 Å². The van der Waals surface area contributed by atoms with Gasteiger partial charge in [-0.3, -0.25) is 4.79 Å². The SMILES string of the molecule is CCCCC(N)C(=O)Nc1ccccc1. The third-order valence-electron chi connectivity index (χ3n) is 2.25. The number of rotatable bonds is 5. The number of carbonyl (C=O) groups excluding carboxylic acids is 1. The minimum Gasteiger partial charge on any atom is -0.325 e. The molecule has 1 aromatic carbocycles. The Morgan fingerprint density at radius 3 is 2.67 bits per heavy atom. The lowest BCUT2D eigenvalue weighted by Gasteiger charge is -2.11. The summed E-state index contributed by atoms with van der Waals surface area (Å²) in [5.41, 5.74) is 6.54. The van der Waals surface area contributed by atoms with Gasteiger partial charge in [0.1, 0.15) is 0 Å². The fourth-order valence-electron chi connectivity index (χ4n) is 1.31. The molecule has 0 spiro atoms. The van der Waals surface area contributed by atoms with Gasteiger partial charge in [-0.25, -0.2) is 0 Å². The van der Waals surface area contributed by atoms with Crippen molar-refractivity contribution in [2.24, 2.45) is 5.73 Å². The predicted octanol–water partition coefficient (Wildman–Crippen LogP) is 2.14. The standard InChI is InChI=1S/C12H18N2O/c1-2-3-9-11(13)12(15)14-10-7-5-4-6-8-10/h4-8,11H,2-3,9,13H2,1H3,(H,14,15). The van der Waals surface area contributed by atoms with Crippen LogP contribution >= 0.6 is 0 Å². The molecular formula is C12H18N2O. The average Bonchev–Trinajstić information content (AvgIpc) is 2.27. The van der Waals surface area contributed by atoms with Gasteiger partial charge in [0, 0.05) is 5.69 Å². The second-order valence-electron chi connectivity index (χ2n) is 3.60. The first-order valence-electron chi connectivity index (χ1n) is 5.35. The van der Waals surface area contributed by atoms with E-state index in [1.165, 1.54) is 0 Å². The van der Waals surface area contributed by atoms with Gasteiger partial charge in [0.15, 0.2) is 0 Å². The van der Waals surface area contributed by atoms with E-state index in [2.05, 4.69) is 12.2 Å². The van der Waals surface area contributed by atoms with Crippen molar-refractivity contribution in [3.05, 3.63) is 30.3 Å². The quantitative estimate of drug-likeness (QED) is 0.775. The molecule has 0 heterocycles. The molecule has 1 amide bonds. The van der Waals surface area contributed by atoms with Crippen LogP contribution in [0.25, 0.3) is 0 Å². The summed E-state index contributed by atoms with van der Waals surface area (Å²) in [4.78, 5) is 11.6. The van der Waals surface area contributed by atoms with Gasteiger partial charge in [-0.15, -0.1) is 0 Å². The third-order valence-corrected chi connectivity index (χ3v) is 2.25. The summed E-state index contributed by atoms with van der Waals surface area (Å²) in [6.07, 6.45) is 2.80.